The van der Waals surface area contributed by atoms with Crippen LogP contribution in [0.25, 0.3) is 11.1 Å². The van der Waals surface area contributed by atoms with E-state index < -0.39 is 0 Å². The smallest absolute Gasteiger partial charge is 0.265 e. The molecular weight excluding hydrogens is 348 g/mol. The Kier molecular flexibility index (Phi) is 4.81. The minimum Gasteiger partial charge on any atom is -0.442 e. The van der Waals surface area contributed by atoms with Gasteiger partial charge in [-0.25, -0.2) is 4.98 Å². The Balaban J connectivity index is 1.89. The highest BCUT2D eigenvalue weighted by Crippen LogP contribution is 2.22. The number of furan rings is 1. The van der Waals surface area contributed by atoms with Gasteiger partial charge in [0.15, 0.2) is 0 Å². The third kappa shape index (κ3) is 3.33. The minimum absolute atomic E-state index is 0.155. The number of aryl methyl sites for hydroxylation is 2. The van der Waals surface area contributed by atoms with Crippen molar-refractivity contribution in [1.29, 1.82) is 0 Å². The first-order chi connectivity index (χ1) is 12.8. The van der Waals surface area contributed by atoms with Gasteiger partial charge in [0, 0.05) is 33.3 Å². The molecule has 0 radical (unpaired) electrons. The summed E-state index contributed by atoms with van der Waals surface area (Å²) in [7, 11) is 4.79. The van der Waals surface area contributed by atoms with Gasteiger partial charge in [0.25, 0.3) is 17.4 Å². The number of hydrogen-bond acceptors (Lipinski definition) is 5. The lowest BCUT2D eigenvalue weighted by Crippen LogP contribution is -2.28. The van der Waals surface area contributed by atoms with Gasteiger partial charge in [-0.05, 0) is 24.6 Å². The molecule has 0 bridgehead atoms. The summed E-state index contributed by atoms with van der Waals surface area (Å²) in [6, 6.07) is 6.97. The largest absolute Gasteiger partial charge is 0.442 e. The number of benzene rings is 1. The monoisotopic (exact) mass is 368 g/mol. The Hall–Kier alpha value is -3.42. The summed E-state index contributed by atoms with van der Waals surface area (Å²) < 4.78 is 6.81. The van der Waals surface area contributed by atoms with Gasteiger partial charge in [-0.15, -0.1) is 0 Å². The molecule has 1 N–H and O–H groups in total. The first-order valence-electron chi connectivity index (χ1n) is 8.34. The van der Waals surface area contributed by atoms with Gasteiger partial charge in [0.05, 0.1) is 5.56 Å². The predicted octanol–water partition coefficient (Wildman–Crippen LogP) is 1.47. The van der Waals surface area contributed by atoms with Crippen LogP contribution in [0, 0.1) is 6.92 Å². The number of nitrogens with one attached hydrogen (secondary N) is 1. The minimum atomic E-state index is -0.330. The van der Waals surface area contributed by atoms with Gasteiger partial charge in [0.1, 0.15) is 17.5 Å². The third-order valence-electron chi connectivity index (χ3n) is 4.37. The molecule has 0 aliphatic heterocycles. The molecule has 140 valence electrons. The van der Waals surface area contributed by atoms with Crippen LogP contribution in [-0.4, -0.2) is 40.4 Å². The molecular formula is C19H20N4O4. The van der Waals surface area contributed by atoms with E-state index in [9.17, 15) is 14.4 Å². The Labute approximate surface area is 155 Å². The summed E-state index contributed by atoms with van der Waals surface area (Å²) in [6.45, 7) is 1.96. The van der Waals surface area contributed by atoms with E-state index in [4.69, 9.17) is 4.42 Å². The number of rotatable bonds is 4. The standard InChI is InChI=1S/C19H20N4O4/c1-11-14(15-17(27-11)21-10-23(4)19(15)26)18(25)22(3)9-12-5-7-13(8-6-12)16(24)20-2/h5-8,10H,9H2,1-4H3,(H,20,24). The van der Waals surface area contributed by atoms with E-state index in [1.54, 1.807) is 52.3 Å². The second-order valence-electron chi connectivity index (χ2n) is 6.31. The second kappa shape index (κ2) is 7.06. The molecule has 0 saturated carbocycles. The summed E-state index contributed by atoms with van der Waals surface area (Å²) in [5.41, 5.74) is 1.45. The first kappa shape index (κ1) is 18.4. The molecule has 3 rings (SSSR count). The van der Waals surface area contributed by atoms with E-state index in [1.165, 1.54) is 15.8 Å². The lowest BCUT2D eigenvalue weighted by Gasteiger charge is -2.17. The summed E-state index contributed by atoms with van der Waals surface area (Å²) in [4.78, 5) is 42.6. The van der Waals surface area contributed by atoms with Crippen LogP contribution in [0.1, 0.15) is 32.0 Å². The highest BCUT2D eigenvalue weighted by atomic mass is 16.3. The summed E-state index contributed by atoms with van der Waals surface area (Å²) in [6.07, 6.45) is 1.36. The van der Waals surface area contributed by atoms with Gasteiger partial charge in [-0.3, -0.25) is 14.4 Å². The summed E-state index contributed by atoms with van der Waals surface area (Å²) >= 11 is 0. The average molecular weight is 368 g/mol. The van der Waals surface area contributed by atoms with Crippen LogP contribution in [0.3, 0.4) is 0 Å². The fraction of sp³-hybridized carbons (Fsp3) is 0.263. The topological polar surface area (TPSA) is 97.4 Å². The zero-order valence-corrected chi connectivity index (χ0v) is 15.6. The number of aromatic nitrogens is 2. The molecule has 0 spiro atoms. The molecule has 8 heteroatoms. The molecule has 3 aromatic rings. The van der Waals surface area contributed by atoms with E-state index in [0.29, 0.717) is 17.9 Å². The number of carbonyl (C=O) groups excluding carboxylic acids is 2. The molecule has 0 saturated heterocycles. The number of amides is 2. The average Bonchev–Trinajstić information content (AvgIpc) is 3.00. The van der Waals surface area contributed by atoms with Crippen LogP contribution in [0.15, 0.2) is 39.8 Å². The number of fused-ring (bicyclic) bond motifs is 1. The maximum atomic E-state index is 13.0. The third-order valence-corrected chi connectivity index (χ3v) is 4.37. The zero-order chi connectivity index (χ0) is 19.7. The number of nitrogens with zero attached hydrogens (tertiary/aromatic N) is 3. The van der Waals surface area contributed by atoms with E-state index in [0.717, 1.165) is 5.56 Å². The maximum absolute atomic E-state index is 13.0. The van der Waals surface area contributed by atoms with Crippen molar-refractivity contribution < 1.29 is 14.0 Å². The zero-order valence-electron chi connectivity index (χ0n) is 15.6. The van der Waals surface area contributed by atoms with Gasteiger partial charge >= 0.3 is 0 Å². The van der Waals surface area contributed by atoms with E-state index in [-0.39, 0.29) is 34.0 Å². The molecule has 8 nitrogen and oxygen atoms in total. The van der Waals surface area contributed by atoms with E-state index in [2.05, 4.69) is 10.3 Å². The molecule has 0 aliphatic rings. The molecule has 2 amide bonds. The highest BCUT2D eigenvalue weighted by molar-refractivity contribution is 6.06. The molecule has 0 fully saturated rings. The Morgan fingerprint density at radius 3 is 2.56 bits per heavy atom. The quantitative estimate of drug-likeness (QED) is 0.752. The van der Waals surface area contributed by atoms with Crippen molar-refractivity contribution in [2.24, 2.45) is 7.05 Å². The molecule has 2 heterocycles. The van der Waals surface area contributed by atoms with Crippen molar-refractivity contribution in [3.8, 4) is 0 Å². The van der Waals surface area contributed by atoms with Crippen LogP contribution in [0.2, 0.25) is 0 Å². The fourth-order valence-corrected chi connectivity index (χ4v) is 2.89. The lowest BCUT2D eigenvalue weighted by molar-refractivity contribution is 0.0784. The molecule has 27 heavy (non-hydrogen) atoms. The Morgan fingerprint density at radius 1 is 1.26 bits per heavy atom. The van der Waals surface area contributed by atoms with Crippen molar-refractivity contribution in [2.75, 3.05) is 14.1 Å². The highest BCUT2D eigenvalue weighted by Gasteiger charge is 2.25. The van der Waals surface area contributed by atoms with Gasteiger partial charge in [-0.1, -0.05) is 12.1 Å². The lowest BCUT2D eigenvalue weighted by atomic mass is 10.1. The molecule has 1 aromatic carbocycles. The van der Waals surface area contributed by atoms with Gasteiger partial charge in [0.2, 0.25) is 5.71 Å². The van der Waals surface area contributed by atoms with Gasteiger partial charge < -0.3 is 19.2 Å². The molecule has 2 aromatic heterocycles. The van der Waals surface area contributed by atoms with Crippen LogP contribution < -0.4 is 10.9 Å². The van der Waals surface area contributed by atoms with Crippen molar-refractivity contribution in [3.05, 3.63) is 63.4 Å². The predicted molar refractivity (Wildman–Crippen MR) is 99.6 cm³/mol. The molecule has 0 unspecified atom stereocenters. The second-order valence-corrected chi connectivity index (χ2v) is 6.31. The van der Waals surface area contributed by atoms with Crippen molar-refractivity contribution in [2.45, 2.75) is 13.5 Å². The van der Waals surface area contributed by atoms with Crippen molar-refractivity contribution in [3.63, 3.8) is 0 Å². The number of carbonyl (C=O) groups is 2. The van der Waals surface area contributed by atoms with Crippen molar-refractivity contribution >= 4 is 22.9 Å². The first-order valence-corrected chi connectivity index (χ1v) is 8.34. The summed E-state index contributed by atoms with van der Waals surface area (Å²) in [5.74, 6) is -0.144. The van der Waals surface area contributed by atoms with Gasteiger partial charge in [-0.2, -0.15) is 0 Å². The van der Waals surface area contributed by atoms with E-state index in [1.807, 2.05) is 0 Å². The van der Waals surface area contributed by atoms with Crippen LogP contribution in [-0.2, 0) is 13.6 Å². The van der Waals surface area contributed by atoms with Crippen LogP contribution >= 0.6 is 0 Å². The Morgan fingerprint density at radius 2 is 1.93 bits per heavy atom. The normalized spacial score (nSPS) is 10.8. The Bertz CT molecular complexity index is 1080. The molecule has 0 aliphatic carbocycles. The maximum Gasteiger partial charge on any atom is 0.265 e. The summed E-state index contributed by atoms with van der Waals surface area (Å²) in [5, 5.41) is 2.74. The van der Waals surface area contributed by atoms with Crippen molar-refractivity contribution in [1.82, 2.24) is 19.8 Å². The SMILES string of the molecule is CNC(=O)c1ccc(CN(C)C(=O)c2c(C)oc3ncn(C)c(=O)c23)cc1. The number of hydrogen-bond donors (Lipinski definition) is 1. The van der Waals surface area contributed by atoms with Crippen LogP contribution in [0.4, 0.5) is 0 Å². The molecule has 0 atom stereocenters. The van der Waals surface area contributed by atoms with Crippen LogP contribution in [0.5, 0.6) is 0 Å². The fourth-order valence-electron chi connectivity index (χ4n) is 2.89. The van der Waals surface area contributed by atoms with E-state index >= 15 is 0 Å².